The van der Waals surface area contributed by atoms with Gasteiger partial charge in [-0.05, 0) is 44.9 Å². The molecule has 2 atom stereocenters. The third-order valence-electron chi connectivity index (χ3n) is 12.2. The average molecular weight is 802 g/mol. The van der Waals surface area contributed by atoms with E-state index in [4.69, 9.17) is 0 Å². The molecule has 0 aliphatic carbocycles. The number of nitrogens with one attached hydrogen (secondary N) is 1. The highest BCUT2D eigenvalue weighted by Crippen LogP contribution is 2.16. The number of hydrogen-bond acceptors (Lipinski definition) is 3. The van der Waals surface area contributed by atoms with Crippen molar-refractivity contribution >= 4 is 5.91 Å². The Hall–Kier alpha value is -1.13. The number of allylic oxidation sites excluding steroid dienone is 3. The van der Waals surface area contributed by atoms with Gasteiger partial charge in [0.1, 0.15) is 0 Å². The average Bonchev–Trinajstić information content (AvgIpc) is 3.22. The van der Waals surface area contributed by atoms with E-state index >= 15 is 0 Å². The fourth-order valence-corrected chi connectivity index (χ4v) is 8.18. The normalized spacial score (nSPS) is 13.0. The van der Waals surface area contributed by atoms with Gasteiger partial charge in [0.2, 0.25) is 5.91 Å². The van der Waals surface area contributed by atoms with Crippen molar-refractivity contribution in [3.05, 3.63) is 24.3 Å². The number of carbonyl (C=O) groups is 1. The van der Waals surface area contributed by atoms with Crippen molar-refractivity contribution in [2.24, 2.45) is 0 Å². The van der Waals surface area contributed by atoms with Crippen LogP contribution in [0, 0.1) is 0 Å². The van der Waals surface area contributed by atoms with E-state index < -0.39 is 12.1 Å². The lowest BCUT2D eigenvalue weighted by Gasteiger charge is -2.20. The van der Waals surface area contributed by atoms with Crippen LogP contribution in [-0.2, 0) is 4.79 Å². The lowest BCUT2D eigenvalue weighted by molar-refractivity contribution is -0.123. The van der Waals surface area contributed by atoms with Crippen LogP contribution in [0.15, 0.2) is 24.3 Å². The summed E-state index contributed by atoms with van der Waals surface area (Å²) < 4.78 is 0. The quantitative estimate of drug-likeness (QED) is 0.0424. The van der Waals surface area contributed by atoms with Crippen LogP contribution in [-0.4, -0.2) is 34.9 Å². The first-order valence-corrected chi connectivity index (χ1v) is 26.1. The number of rotatable bonds is 48. The standard InChI is InChI=1S/C53H103NO3/c1-3-5-7-9-11-13-15-17-19-21-23-24-25-26-27-28-29-30-31-33-35-37-39-41-43-45-47-49-53(57)54-51(50-55)52(56)48-46-44-42-40-38-36-34-32-22-20-18-16-14-12-10-8-6-4-2/h26-27,46,48,51-52,55-56H,3-25,28-45,47,49-50H2,1-2H3,(H,54,57)/b27-26-,48-46+. The summed E-state index contributed by atoms with van der Waals surface area (Å²) >= 11 is 0. The van der Waals surface area contributed by atoms with Crippen molar-refractivity contribution in [2.75, 3.05) is 6.61 Å². The fraction of sp³-hybridized carbons (Fsp3) is 0.906. The van der Waals surface area contributed by atoms with Crippen LogP contribution < -0.4 is 5.32 Å². The van der Waals surface area contributed by atoms with Crippen molar-refractivity contribution in [1.29, 1.82) is 0 Å². The molecule has 57 heavy (non-hydrogen) atoms. The first-order chi connectivity index (χ1) is 28.2. The van der Waals surface area contributed by atoms with Gasteiger partial charge in [0.15, 0.2) is 0 Å². The summed E-state index contributed by atoms with van der Waals surface area (Å²) in [7, 11) is 0. The predicted molar refractivity (Wildman–Crippen MR) is 253 cm³/mol. The molecule has 0 aliphatic rings. The SMILES string of the molecule is CCCCCCCCCCCCCC/C=C\CCCCCCCCCCCCCC(=O)NC(CO)C(O)/C=C/CCCCCCCCCCCCCCCCCC. The third-order valence-corrected chi connectivity index (χ3v) is 12.2. The van der Waals surface area contributed by atoms with E-state index in [1.165, 1.54) is 244 Å². The van der Waals surface area contributed by atoms with Crippen molar-refractivity contribution in [1.82, 2.24) is 5.32 Å². The van der Waals surface area contributed by atoms with Gasteiger partial charge in [0.05, 0.1) is 18.8 Å². The van der Waals surface area contributed by atoms with Gasteiger partial charge >= 0.3 is 0 Å². The van der Waals surface area contributed by atoms with Crippen LogP contribution in [0.5, 0.6) is 0 Å². The van der Waals surface area contributed by atoms with Gasteiger partial charge in [-0.1, -0.05) is 263 Å². The molecule has 1 amide bonds. The van der Waals surface area contributed by atoms with E-state index in [0.29, 0.717) is 6.42 Å². The Kier molecular flexibility index (Phi) is 48.3. The second kappa shape index (κ2) is 49.2. The monoisotopic (exact) mass is 802 g/mol. The van der Waals surface area contributed by atoms with Crippen molar-refractivity contribution in [2.45, 2.75) is 302 Å². The molecule has 4 nitrogen and oxygen atoms in total. The van der Waals surface area contributed by atoms with Gasteiger partial charge < -0.3 is 15.5 Å². The van der Waals surface area contributed by atoms with E-state index in [1.807, 2.05) is 6.08 Å². The van der Waals surface area contributed by atoms with E-state index in [-0.39, 0.29) is 12.5 Å². The molecule has 0 spiro atoms. The summed E-state index contributed by atoms with van der Waals surface area (Å²) in [6, 6.07) is -0.620. The van der Waals surface area contributed by atoms with E-state index in [1.54, 1.807) is 6.08 Å². The third kappa shape index (κ3) is 45.8. The molecular weight excluding hydrogens is 699 g/mol. The van der Waals surface area contributed by atoms with Gasteiger partial charge in [-0.15, -0.1) is 0 Å². The van der Waals surface area contributed by atoms with E-state index in [0.717, 1.165) is 25.7 Å². The van der Waals surface area contributed by atoms with Crippen LogP contribution in [0.4, 0.5) is 0 Å². The molecule has 0 saturated heterocycles. The summed E-state index contributed by atoms with van der Waals surface area (Å²) in [4.78, 5) is 12.4. The number of hydrogen-bond donors (Lipinski definition) is 3. The molecular formula is C53H103NO3. The number of unbranched alkanes of at least 4 members (excludes halogenated alkanes) is 39. The van der Waals surface area contributed by atoms with E-state index in [9.17, 15) is 15.0 Å². The Morgan fingerprint density at radius 2 is 0.667 bits per heavy atom. The molecule has 2 unspecified atom stereocenters. The number of carbonyl (C=O) groups excluding carboxylic acids is 1. The number of aliphatic hydroxyl groups is 2. The zero-order valence-corrected chi connectivity index (χ0v) is 38.9. The predicted octanol–water partition coefficient (Wildman–Crippen LogP) is 16.8. The zero-order valence-electron chi connectivity index (χ0n) is 38.9. The molecule has 0 aliphatic heterocycles. The highest BCUT2D eigenvalue weighted by molar-refractivity contribution is 5.76. The van der Waals surface area contributed by atoms with Gasteiger partial charge in [-0.3, -0.25) is 4.79 Å². The van der Waals surface area contributed by atoms with Crippen molar-refractivity contribution < 1.29 is 15.0 Å². The molecule has 338 valence electrons. The number of aliphatic hydroxyl groups excluding tert-OH is 2. The van der Waals surface area contributed by atoms with Crippen LogP contribution >= 0.6 is 0 Å². The minimum absolute atomic E-state index is 0.0608. The Morgan fingerprint density at radius 3 is 0.965 bits per heavy atom. The summed E-state index contributed by atoms with van der Waals surface area (Å²) in [6.45, 7) is 4.34. The summed E-state index contributed by atoms with van der Waals surface area (Å²) in [5.41, 5.74) is 0. The summed E-state index contributed by atoms with van der Waals surface area (Å²) in [6.07, 6.45) is 64.6. The minimum Gasteiger partial charge on any atom is -0.394 e. The van der Waals surface area contributed by atoms with E-state index in [2.05, 4.69) is 31.3 Å². The van der Waals surface area contributed by atoms with Crippen LogP contribution in [0.1, 0.15) is 290 Å². The van der Waals surface area contributed by atoms with Gasteiger partial charge in [0, 0.05) is 6.42 Å². The molecule has 0 rings (SSSR count). The highest BCUT2D eigenvalue weighted by Gasteiger charge is 2.18. The van der Waals surface area contributed by atoms with Crippen LogP contribution in [0.3, 0.4) is 0 Å². The maximum atomic E-state index is 12.4. The van der Waals surface area contributed by atoms with Gasteiger partial charge in [-0.2, -0.15) is 0 Å². The maximum Gasteiger partial charge on any atom is 0.220 e. The lowest BCUT2D eigenvalue weighted by Crippen LogP contribution is -2.45. The molecule has 0 heterocycles. The van der Waals surface area contributed by atoms with Crippen LogP contribution in [0.25, 0.3) is 0 Å². The minimum atomic E-state index is -0.837. The zero-order chi connectivity index (χ0) is 41.4. The molecule has 0 radical (unpaired) electrons. The first-order valence-electron chi connectivity index (χ1n) is 26.1. The lowest BCUT2D eigenvalue weighted by atomic mass is 10.0. The molecule has 0 saturated carbocycles. The van der Waals surface area contributed by atoms with Crippen molar-refractivity contribution in [3.63, 3.8) is 0 Å². The molecule has 3 N–H and O–H groups in total. The van der Waals surface area contributed by atoms with Gasteiger partial charge in [0.25, 0.3) is 0 Å². The molecule has 0 aromatic carbocycles. The fourth-order valence-electron chi connectivity index (χ4n) is 8.18. The Balaban J connectivity index is 3.48. The molecule has 0 aromatic rings. The highest BCUT2D eigenvalue weighted by atomic mass is 16.3. The second-order valence-electron chi connectivity index (χ2n) is 17.9. The Morgan fingerprint density at radius 1 is 0.404 bits per heavy atom. The largest absolute Gasteiger partial charge is 0.394 e. The number of amides is 1. The van der Waals surface area contributed by atoms with Crippen molar-refractivity contribution in [3.8, 4) is 0 Å². The molecule has 0 bridgehead atoms. The topological polar surface area (TPSA) is 69.6 Å². The molecule has 0 aromatic heterocycles. The Labute approximate surface area is 358 Å². The maximum absolute atomic E-state index is 12.4. The first kappa shape index (κ1) is 55.9. The Bertz CT molecular complexity index is 825. The second-order valence-corrected chi connectivity index (χ2v) is 17.9. The molecule has 4 heteroatoms. The summed E-state index contributed by atoms with van der Waals surface area (Å²) in [5, 5.41) is 23.1. The molecule has 0 fully saturated rings. The summed E-state index contributed by atoms with van der Waals surface area (Å²) in [5.74, 6) is -0.0608. The van der Waals surface area contributed by atoms with Gasteiger partial charge in [-0.25, -0.2) is 0 Å². The van der Waals surface area contributed by atoms with Crippen LogP contribution in [0.2, 0.25) is 0 Å². The smallest absolute Gasteiger partial charge is 0.220 e.